The van der Waals surface area contributed by atoms with E-state index in [1.807, 2.05) is 12.3 Å². The summed E-state index contributed by atoms with van der Waals surface area (Å²) in [5.41, 5.74) is 2.13. The maximum absolute atomic E-state index is 13.0. The van der Waals surface area contributed by atoms with E-state index in [9.17, 15) is 4.39 Å². The molecule has 0 amide bonds. The van der Waals surface area contributed by atoms with Gasteiger partial charge in [-0.25, -0.2) is 9.37 Å². The van der Waals surface area contributed by atoms with Crippen LogP contribution in [0.25, 0.3) is 11.3 Å². The normalized spacial score (nSPS) is 18.1. The number of rotatable bonds is 4. The van der Waals surface area contributed by atoms with Crippen LogP contribution >= 0.6 is 0 Å². The molecule has 0 saturated carbocycles. The molecular formula is C19H18FN3O. The largest absolute Gasteiger partial charge is 0.439 e. The topological polar surface area (TPSA) is 42.2 Å². The Labute approximate surface area is 140 Å². The van der Waals surface area contributed by atoms with E-state index in [0.717, 1.165) is 25.1 Å². The standard InChI is InChI=1S/C19H18FN3O/c20-17-5-3-14(4-6-17)18-11-22-19(24-18)13-23-9-7-16(12-23)15-2-1-8-21-10-15/h1-6,8,10-11,16H,7,9,12-13H2. The molecule has 3 aromatic rings. The summed E-state index contributed by atoms with van der Waals surface area (Å²) in [6.07, 6.45) is 6.58. The van der Waals surface area contributed by atoms with Crippen molar-refractivity contribution in [2.75, 3.05) is 13.1 Å². The summed E-state index contributed by atoms with van der Waals surface area (Å²) in [6.45, 7) is 2.70. The highest BCUT2D eigenvalue weighted by Crippen LogP contribution is 2.28. The number of likely N-dealkylation sites (tertiary alicyclic amines) is 1. The number of halogens is 1. The average Bonchev–Trinajstić information content (AvgIpc) is 3.27. The predicted octanol–water partition coefficient (Wildman–Crippen LogP) is 3.87. The molecule has 0 radical (unpaired) electrons. The van der Waals surface area contributed by atoms with Gasteiger partial charge in [-0.1, -0.05) is 6.07 Å². The molecule has 1 aliphatic rings. The number of oxazole rings is 1. The van der Waals surface area contributed by atoms with Crippen LogP contribution in [-0.4, -0.2) is 28.0 Å². The van der Waals surface area contributed by atoms with E-state index in [1.165, 1.54) is 17.7 Å². The zero-order valence-electron chi connectivity index (χ0n) is 13.2. The van der Waals surface area contributed by atoms with Crippen molar-refractivity contribution in [3.05, 3.63) is 72.3 Å². The van der Waals surface area contributed by atoms with E-state index >= 15 is 0 Å². The highest BCUT2D eigenvalue weighted by molar-refractivity contribution is 5.55. The first kappa shape index (κ1) is 15.0. The molecule has 0 aliphatic carbocycles. The molecular weight excluding hydrogens is 305 g/mol. The number of hydrogen-bond acceptors (Lipinski definition) is 4. The number of benzene rings is 1. The number of pyridine rings is 1. The van der Waals surface area contributed by atoms with Gasteiger partial charge < -0.3 is 4.42 Å². The minimum Gasteiger partial charge on any atom is -0.439 e. The maximum atomic E-state index is 13.0. The van der Waals surface area contributed by atoms with E-state index in [0.29, 0.717) is 24.1 Å². The summed E-state index contributed by atoms with van der Waals surface area (Å²) in [5.74, 6) is 1.64. The first-order valence-electron chi connectivity index (χ1n) is 8.11. The van der Waals surface area contributed by atoms with Crippen molar-refractivity contribution in [2.24, 2.45) is 0 Å². The monoisotopic (exact) mass is 323 g/mol. The molecule has 0 N–H and O–H groups in total. The van der Waals surface area contributed by atoms with Crippen molar-refractivity contribution in [3.8, 4) is 11.3 Å². The summed E-state index contributed by atoms with van der Waals surface area (Å²) < 4.78 is 18.8. The van der Waals surface area contributed by atoms with Crippen LogP contribution in [-0.2, 0) is 6.54 Å². The third kappa shape index (κ3) is 3.21. The van der Waals surface area contributed by atoms with Crippen LogP contribution in [0.15, 0.2) is 59.4 Å². The van der Waals surface area contributed by atoms with Gasteiger partial charge in [0.05, 0.1) is 12.7 Å². The Morgan fingerprint density at radius 1 is 1.17 bits per heavy atom. The summed E-state index contributed by atoms with van der Waals surface area (Å²) in [6, 6.07) is 10.4. The van der Waals surface area contributed by atoms with Crippen molar-refractivity contribution in [2.45, 2.75) is 18.9 Å². The lowest BCUT2D eigenvalue weighted by Gasteiger charge is -2.13. The number of nitrogens with zero attached hydrogens (tertiary/aromatic N) is 3. The Kier molecular flexibility index (Phi) is 4.09. The number of hydrogen-bond donors (Lipinski definition) is 0. The van der Waals surface area contributed by atoms with Crippen LogP contribution in [0.1, 0.15) is 23.8 Å². The molecule has 1 aliphatic heterocycles. The second kappa shape index (κ2) is 6.53. The van der Waals surface area contributed by atoms with E-state index in [4.69, 9.17) is 4.42 Å². The summed E-state index contributed by atoms with van der Waals surface area (Å²) in [5, 5.41) is 0. The first-order chi connectivity index (χ1) is 11.8. The summed E-state index contributed by atoms with van der Waals surface area (Å²) in [4.78, 5) is 10.9. The molecule has 4 rings (SSSR count). The summed E-state index contributed by atoms with van der Waals surface area (Å²) >= 11 is 0. The van der Waals surface area contributed by atoms with Gasteiger partial charge in [-0.3, -0.25) is 9.88 Å². The molecule has 5 heteroatoms. The van der Waals surface area contributed by atoms with Gasteiger partial charge in [-0.2, -0.15) is 0 Å². The Bertz CT molecular complexity index is 801. The molecule has 0 spiro atoms. The zero-order valence-corrected chi connectivity index (χ0v) is 13.2. The minimum atomic E-state index is -0.253. The second-order valence-corrected chi connectivity index (χ2v) is 6.13. The molecule has 1 aromatic carbocycles. The SMILES string of the molecule is Fc1ccc(-c2cnc(CN3CCC(c4cccnc4)C3)o2)cc1. The van der Waals surface area contributed by atoms with Crippen molar-refractivity contribution in [1.29, 1.82) is 0 Å². The molecule has 122 valence electrons. The van der Waals surface area contributed by atoms with Crippen molar-refractivity contribution < 1.29 is 8.81 Å². The molecule has 0 bridgehead atoms. The highest BCUT2D eigenvalue weighted by Gasteiger charge is 2.25. The zero-order chi connectivity index (χ0) is 16.4. The van der Waals surface area contributed by atoms with Crippen LogP contribution in [0.3, 0.4) is 0 Å². The van der Waals surface area contributed by atoms with E-state index in [-0.39, 0.29) is 5.82 Å². The third-order valence-electron chi connectivity index (χ3n) is 4.47. The molecule has 1 atom stereocenters. The van der Waals surface area contributed by atoms with Gasteiger partial charge in [0.2, 0.25) is 5.89 Å². The maximum Gasteiger partial charge on any atom is 0.209 e. The molecule has 1 fully saturated rings. The Morgan fingerprint density at radius 3 is 2.83 bits per heavy atom. The molecule has 1 unspecified atom stereocenters. The van der Waals surface area contributed by atoms with E-state index in [1.54, 1.807) is 24.5 Å². The Morgan fingerprint density at radius 2 is 2.04 bits per heavy atom. The van der Waals surface area contributed by atoms with Crippen molar-refractivity contribution >= 4 is 0 Å². The number of aromatic nitrogens is 2. The third-order valence-corrected chi connectivity index (χ3v) is 4.47. The van der Waals surface area contributed by atoms with Crippen LogP contribution in [0, 0.1) is 5.82 Å². The quantitative estimate of drug-likeness (QED) is 0.731. The minimum absolute atomic E-state index is 0.253. The van der Waals surface area contributed by atoms with Gasteiger partial charge in [-0.15, -0.1) is 0 Å². The molecule has 3 heterocycles. The smallest absolute Gasteiger partial charge is 0.209 e. The van der Waals surface area contributed by atoms with Crippen molar-refractivity contribution in [1.82, 2.24) is 14.9 Å². The van der Waals surface area contributed by atoms with Crippen molar-refractivity contribution in [3.63, 3.8) is 0 Å². The van der Waals surface area contributed by atoms with Gasteiger partial charge in [-0.05, 0) is 54.8 Å². The first-order valence-corrected chi connectivity index (χ1v) is 8.11. The molecule has 24 heavy (non-hydrogen) atoms. The lowest BCUT2D eigenvalue weighted by Crippen LogP contribution is -2.19. The molecule has 4 nitrogen and oxygen atoms in total. The van der Waals surface area contributed by atoms with Crippen LogP contribution < -0.4 is 0 Å². The second-order valence-electron chi connectivity index (χ2n) is 6.13. The van der Waals surface area contributed by atoms with E-state index in [2.05, 4.69) is 20.9 Å². The average molecular weight is 323 g/mol. The van der Waals surface area contributed by atoms with E-state index < -0.39 is 0 Å². The van der Waals surface area contributed by atoms with Gasteiger partial charge in [0.1, 0.15) is 5.82 Å². The predicted molar refractivity (Wildman–Crippen MR) is 88.8 cm³/mol. The fourth-order valence-corrected chi connectivity index (χ4v) is 3.19. The Balaban J connectivity index is 1.41. The lowest BCUT2D eigenvalue weighted by atomic mass is 10.0. The molecule has 1 saturated heterocycles. The van der Waals surface area contributed by atoms with Crippen LogP contribution in [0.2, 0.25) is 0 Å². The molecule has 2 aromatic heterocycles. The fourth-order valence-electron chi connectivity index (χ4n) is 3.19. The van der Waals surface area contributed by atoms with Crippen LogP contribution in [0.4, 0.5) is 4.39 Å². The van der Waals surface area contributed by atoms with Gasteiger partial charge in [0.15, 0.2) is 5.76 Å². The van der Waals surface area contributed by atoms with Gasteiger partial charge >= 0.3 is 0 Å². The lowest BCUT2D eigenvalue weighted by molar-refractivity contribution is 0.289. The highest BCUT2D eigenvalue weighted by atomic mass is 19.1. The fraction of sp³-hybridized carbons (Fsp3) is 0.263. The summed E-state index contributed by atoms with van der Waals surface area (Å²) in [7, 11) is 0. The van der Waals surface area contributed by atoms with Gasteiger partial charge in [0, 0.05) is 24.5 Å². The van der Waals surface area contributed by atoms with Crippen LogP contribution in [0.5, 0.6) is 0 Å². The van der Waals surface area contributed by atoms with Gasteiger partial charge in [0.25, 0.3) is 0 Å². The Hall–Kier alpha value is -2.53.